The molecule has 2 nitrogen and oxygen atoms in total. The number of hydrogen-bond donors (Lipinski definition) is 1. The summed E-state index contributed by atoms with van der Waals surface area (Å²) in [6.07, 6.45) is 2.54. The SMILES string of the molecule is C/C(=C\C([Si](C)(C)C)[Si](C)(C)c1ccc(C(=O)O)cc1)C(C)C. The Labute approximate surface area is 143 Å². The Bertz CT molecular complexity index is 578. The maximum Gasteiger partial charge on any atom is 0.335 e. The molecule has 0 radical (unpaired) electrons. The maximum atomic E-state index is 11.1. The van der Waals surface area contributed by atoms with E-state index < -0.39 is 22.1 Å². The standard InChI is InChI=1S/C19H32O2Si2/c1-14(2)15(3)13-18(22(4,5)6)23(7,8)17-11-9-16(10-12-17)19(20)21/h9-14,18H,1-8H3,(H,20,21)/b15-13+. The van der Waals surface area contributed by atoms with Gasteiger partial charge in [0.1, 0.15) is 0 Å². The van der Waals surface area contributed by atoms with Gasteiger partial charge in [-0.15, -0.1) is 0 Å². The molecule has 0 saturated heterocycles. The lowest BCUT2D eigenvalue weighted by Gasteiger charge is -2.40. The predicted molar refractivity (Wildman–Crippen MR) is 106 cm³/mol. The molecule has 23 heavy (non-hydrogen) atoms. The number of rotatable bonds is 6. The summed E-state index contributed by atoms with van der Waals surface area (Å²) in [5, 5.41) is 11.1. The van der Waals surface area contributed by atoms with E-state index >= 15 is 0 Å². The van der Waals surface area contributed by atoms with Crippen LogP contribution in [0.2, 0.25) is 37.9 Å². The zero-order chi connectivity index (χ0) is 18.0. The Balaban J connectivity index is 3.32. The highest BCUT2D eigenvalue weighted by Crippen LogP contribution is 2.35. The molecule has 0 aliphatic carbocycles. The summed E-state index contributed by atoms with van der Waals surface area (Å²) in [5.74, 6) is -0.277. The summed E-state index contributed by atoms with van der Waals surface area (Å²) >= 11 is 0. The van der Waals surface area contributed by atoms with Crippen LogP contribution in [-0.4, -0.2) is 27.2 Å². The van der Waals surface area contributed by atoms with Gasteiger partial charge in [0, 0.05) is 8.07 Å². The van der Waals surface area contributed by atoms with Crippen molar-refractivity contribution in [2.75, 3.05) is 0 Å². The molecule has 4 heteroatoms. The van der Waals surface area contributed by atoms with Gasteiger partial charge < -0.3 is 5.11 Å². The molecule has 0 aliphatic heterocycles. The Morgan fingerprint density at radius 3 is 1.87 bits per heavy atom. The molecular weight excluding hydrogens is 316 g/mol. The third kappa shape index (κ3) is 4.92. The van der Waals surface area contributed by atoms with Gasteiger partial charge in [-0.25, -0.2) is 4.79 Å². The summed E-state index contributed by atoms with van der Waals surface area (Å²) in [7, 11) is -3.10. The minimum absolute atomic E-state index is 0.372. The van der Waals surface area contributed by atoms with Crippen LogP contribution in [0.15, 0.2) is 35.9 Å². The zero-order valence-electron chi connectivity index (χ0n) is 15.9. The third-order valence-corrected chi connectivity index (χ3v) is 15.3. The van der Waals surface area contributed by atoms with Gasteiger partial charge in [0.05, 0.1) is 13.6 Å². The summed E-state index contributed by atoms with van der Waals surface area (Å²) in [6, 6.07) is 7.60. The smallest absolute Gasteiger partial charge is 0.335 e. The summed E-state index contributed by atoms with van der Waals surface area (Å²) in [5.41, 5.74) is 1.84. The topological polar surface area (TPSA) is 37.3 Å². The fourth-order valence-corrected chi connectivity index (χ4v) is 15.2. The maximum absolute atomic E-state index is 11.1. The normalized spacial score (nSPS) is 14.9. The van der Waals surface area contributed by atoms with Crippen molar-refractivity contribution < 1.29 is 9.90 Å². The van der Waals surface area contributed by atoms with Gasteiger partial charge in [-0.3, -0.25) is 0 Å². The molecule has 0 heterocycles. The first-order valence-electron chi connectivity index (χ1n) is 8.39. The quantitative estimate of drug-likeness (QED) is 0.570. The highest BCUT2D eigenvalue weighted by Gasteiger charge is 2.40. The zero-order valence-corrected chi connectivity index (χ0v) is 17.9. The number of allylic oxidation sites excluding steroid dienone is 2. The highest BCUT2D eigenvalue weighted by atomic mass is 28.4. The molecule has 1 aromatic rings. The first kappa shape index (κ1) is 19.9. The lowest BCUT2D eigenvalue weighted by Crippen LogP contribution is -2.53. The Kier molecular flexibility index (Phi) is 6.21. The van der Waals surface area contributed by atoms with Gasteiger partial charge in [-0.1, -0.05) is 75.6 Å². The van der Waals surface area contributed by atoms with Crippen LogP contribution < -0.4 is 5.19 Å². The Hall–Kier alpha value is -1.14. The number of carboxylic acid groups (broad SMARTS) is 1. The number of aromatic carboxylic acids is 1. The Morgan fingerprint density at radius 2 is 1.52 bits per heavy atom. The molecule has 1 unspecified atom stereocenters. The molecule has 1 N–H and O–H groups in total. The van der Waals surface area contributed by atoms with Crippen molar-refractivity contribution in [3.05, 3.63) is 41.5 Å². The van der Waals surface area contributed by atoms with E-state index in [1.165, 1.54) is 10.8 Å². The molecular formula is C19H32O2Si2. The van der Waals surface area contributed by atoms with Gasteiger partial charge in [-0.2, -0.15) is 0 Å². The first-order valence-corrected chi connectivity index (χ1v) is 15.0. The first-order chi connectivity index (χ1) is 10.4. The van der Waals surface area contributed by atoms with E-state index in [0.29, 0.717) is 16.6 Å². The molecule has 0 saturated carbocycles. The molecule has 0 bridgehead atoms. The van der Waals surface area contributed by atoms with E-state index in [9.17, 15) is 4.79 Å². The van der Waals surface area contributed by atoms with Crippen LogP contribution in [0.4, 0.5) is 0 Å². The third-order valence-electron chi connectivity index (χ3n) is 4.93. The van der Waals surface area contributed by atoms with Crippen LogP contribution in [0.3, 0.4) is 0 Å². The number of hydrogen-bond acceptors (Lipinski definition) is 1. The number of carboxylic acids is 1. The average Bonchev–Trinajstić information content (AvgIpc) is 2.42. The van der Waals surface area contributed by atoms with E-state index in [4.69, 9.17) is 5.11 Å². The van der Waals surface area contributed by atoms with E-state index in [-0.39, 0.29) is 0 Å². The Morgan fingerprint density at radius 1 is 1.04 bits per heavy atom. The molecule has 128 valence electrons. The van der Waals surface area contributed by atoms with E-state index in [2.05, 4.69) is 59.6 Å². The molecule has 1 atom stereocenters. The van der Waals surface area contributed by atoms with Crippen molar-refractivity contribution in [1.29, 1.82) is 0 Å². The second-order valence-electron chi connectivity index (χ2n) is 8.51. The largest absolute Gasteiger partial charge is 0.478 e. The van der Waals surface area contributed by atoms with Crippen molar-refractivity contribution in [2.24, 2.45) is 5.92 Å². The average molecular weight is 349 g/mol. The fourth-order valence-electron chi connectivity index (χ4n) is 3.22. The molecule has 0 spiro atoms. The lowest BCUT2D eigenvalue weighted by molar-refractivity contribution is 0.0697. The molecule has 0 fully saturated rings. The van der Waals surface area contributed by atoms with Crippen molar-refractivity contribution in [1.82, 2.24) is 0 Å². The minimum Gasteiger partial charge on any atom is -0.478 e. The number of benzene rings is 1. The molecule has 0 aromatic heterocycles. The van der Waals surface area contributed by atoms with E-state index in [1.807, 2.05) is 12.1 Å². The highest BCUT2D eigenvalue weighted by molar-refractivity contribution is 7.03. The monoisotopic (exact) mass is 348 g/mol. The second kappa shape index (κ2) is 7.18. The van der Waals surface area contributed by atoms with Crippen LogP contribution in [0.1, 0.15) is 31.1 Å². The van der Waals surface area contributed by atoms with Gasteiger partial charge in [0.2, 0.25) is 0 Å². The van der Waals surface area contributed by atoms with Crippen molar-refractivity contribution in [3.8, 4) is 0 Å². The van der Waals surface area contributed by atoms with Crippen molar-refractivity contribution in [3.63, 3.8) is 0 Å². The molecule has 0 aliphatic rings. The van der Waals surface area contributed by atoms with Gasteiger partial charge in [0.15, 0.2) is 0 Å². The molecule has 1 rings (SSSR count). The van der Waals surface area contributed by atoms with Crippen molar-refractivity contribution >= 4 is 27.3 Å². The summed E-state index contributed by atoms with van der Waals surface area (Å²) < 4.78 is 0. The molecule has 0 amide bonds. The summed E-state index contributed by atoms with van der Waals surface area (Å²) in [4.78, 5) is 11.1. The lowest BCUT2D eigenvalue weighted by atomic mass is 10.1. The minimum atomic E-state index is -1.72. The van der Waals surface area contributed by atoms with E-state index in [1.54, 1.807) is 12.1 Å². The molecule has 1 aromatic carbocycles. The van der Waals surface area contributed by atoms with E-state index in [0.717, 1.165) is 0 Å². The second-order valence-corrected chi connectivity index (χ2v) is 19.1. The van der Waals surface area contributed by atoms with Gasteiger partial charge >= 0.3 is 5.97 Å². The fraction of sp³-hybridized carbons (Fsp3) is 0.526. The predicted octanol–water partition coefficient (Wildman–Crippen LogP) is 5.15. The van der Waals surface area contributed by atoms with Gasteiger partial charge in [0.25, 0.3) is 0 Å². The van der Waals surface area contributed by atoms with Crippen LogP contribution in [-0.2, 0) is 0 Å². The van der Waals surface area contributed by atoms with Crippen LogP contribution in [0, 0.1) is 5.92 Å². The number of carbonyl (C=O) groups is 1. The van der Waals surface area contributed by atoms with Crippen LogP contribution >= 0.6 is 0 Å². The van der Waals surface area contributed by atoms with Crippen LogP contribution in [0.25, 0.3) is 0 Å². The summed E-state index contributed by atoms with van der Waals surface area (Å²) in [6.45, 7) is 18.9. The van der Waals surface area contributed by atoms with Crippen LogP contribution in [0.5, 0.6) is 0 Å². The van der Waals surface area contributed by atoms with Crippen molar-refractivity contribution in [2.45, 2.75) is 58.7 Å². The van der Waals surface area contributed by atoms with Gasteiger partial charge in [-0.05, 0) is 30.1 Å².